The van der Waals surface area contributed by atoms with E-state index in [0.29, 0.717) is 213 Å². The summed E-state index contributed by atoms with van der Waals surface area (Å²) in [4.78, 5) is 60.5. The normalized spacial score (nSPS) is 15.7. The minimum atomic E-state index is -2.00. The number of benzene rings is 1. The van der Waals surface area contributed by atoms with Crippen molar-refractivity contribution < 1.29 is 80.7 Å². The molecule has 2 aliphatic heterocycles. The van der Waals surface area contributed by atoms with E-state index >= 15 is 4.39 Å². The molecule has 510 valence electrons. The molecule has 32 heteroatoms. The molecule has 5 heterocycles. The fourth-order valence-electron chi connectivity index (χ4n) is 10.0. The SMILES string of the molecule is CC[C@@]1(O)C(=O)OCc2c1cc1n(c2=O)Cc2c-1nc1cc(F)c(C)c3c1c2[C@@H](Nc1nc(Cl)nc(NCCSSC(C)(C)CNC(=O)CCOCCOCCOCCOCCOCCOCCOCCOCCOCCOCCOCCOCCN=[N+]=[N-])n1)CC3. The Morgan fingerprint density at radius 1 is 0.772 bits per heavy atom. The predicted octanol–water partition coefficient (Wildman–Crippen LogP) is 6.05. The third kappa shape index (κ3) is 23.3. The summed E-state index contributed by atoms with van der Waals surface area (Å²) < 4.78 is 87.9. The lowest BCUT2D eigenvalue weighted by molar-refractivity contribution is -0.172. The van der Waals surface area contributed by atoms with Crippen molar-refractivity contribution in [2.45, 2.75) is 82.9 Å². The van der Waals surface area contributed by atoms with Crippen LogP contribution in [0.4, 0.5) is 16.3 Å². The Morgan fingerprint density at radius 3 is 1.83 bits per heavy atom. The Bertz CT molecular complexity index is 3090. The van der Waals surface area contributed by atoms with Gasteiger partial charge in [-0.05, 0) is 79.9 Å². The van der Waals surface area contributed by atoms with E-state index in [1.54, 1.807) is 46.1 Å². The number of anilines is 2. The van der Waals surface area contributed by atoms with Gasteiger partial charge in [0, 0.05) is 64.0 Å². The maximum absolute atomic E-state index is 15.5. The van der Waals surface area contributed by atoms with Crippen molar-refractivity contribution in [2.24, 2.45) is 5.11 Å². The van der Waals surface area contributed by atoms with Gasteiger partial charge in [-0.25, -0.2) is 14.2 Å². The van der Waals surface area contributed by atoms with Crippen LogP contribution in [0.3, 0.4) is 0 Å². The molecule has 4 N–H and O–H groups in total. The highest BCUT2D eigenvalue weighted by atomic mass is 35.5. The molecular weight excluding hydrogens is 1270 g/mol. The van der Waals surface area contributed by atoms with Gasteiger partial charge in [-0.15, -0.1) is 0 Å². The second-order valence-corrected chi connectivity index (χ2v) is 25.2. The van der Waals surface area contributed by atoms with E-state index < -0.39 is 23.2 Å². The number of hydrogen-bond donors (Lipinski definition) is 4. The minimum Gasteiger partial charge on any atom is -0.458 e. The molecule has 92 heavy (non-hydrogen) atoms. The molecule has 0 radical (unpaired) electrons. The number of aliphatic hydroxyl groups is 1. The quantitative estimate of drug-likeness (QED) is 0.00859. The van der Waals surface area contributed by atoms with E-state index in [9.17, 15) is 19.5 Å². The number of nitrogens with zero attached hydrogens (tertiary/aromatic N) is 8. The van der Waals surface area contributed by atoms with Gasteiger partial charge >= 0.3 is 5.97 Å². The zero-order valence-electron chi connectivity index (χ0n) is 52.9. The highest BCUT2D eigenvalue weighted by Gasteiger charge is 2.46. The number of azide groups is 1. The molecule has 2 atom stereocenters. The summed E-state index contributed by atoms with van der Waals surface area (Å²) >= 11 is 6.48. The molecule has 0 bridgehead atoms. The van der Waals surface area contributed by atoms with Crippen LogP contribution >= 0.6 is 33.2 Å². The summed E-state index contributed by atoms with van der Waals surface area (Å²) in [6.07, 6.45) is 1.30. The standard InChI is InChI=1S/C60H87ClFN11O17S2/c1-5-60(77)45-36-49-53-43(38-73(49)54(75)44(45)39-90-55(60)76)52-47(7-6-42-41(2)46(62)37-48(67-53)51(42)52)68-58-70-56(61)69-57(71-58)64-10-35-91-92-59(3,4)40-65-50(74)8-11-78-13-15-80-17-19-82-21-23-84-25-27-86-29-31-88-33-34-89-32-30-87-28-26-85-24-22-83-20-18-81-16-14-79-12-9-66-72-63/h36-37,47,77H,5-35,38-40H2,1-4H3,(H,65,74)(H2,64,68,69,70,71)/t47-,60-/m0/s1. The van der Waals surface area contributed by atoms with E-state index in [4.69, 9.17) is 83.7 Å². The zero-order valence-corrected chi connectivity index (χ0v) is 55.3. The largest absolute Gasteiger partial charge is 0.458 e. The number of aromatic nitrogens is 5. The highest BCUT2D eigenvalue weighted by molar-refractivity contribution is 8.77. The molecule has 0 fully saturated rings. The number of halogens is 2. The third-order valence-corrected chi connectivity index (χ3v) is 18.2. The summed E-state index contributed by atoms with van der Waals surface area (Å²) in [5.74, 6) is -0.142. The Morgan fingerprint density at radius 2 is 1.29 bits per heavy atom. The summed E-state index contributed by atoms with van der Waals surface area (Å²) in [7, 11) is 3.29. The van der Waals surface area contributed by atoms with Gasteiger partial charge in [0.25, 0.3) is 5.56 Å². The topological polar surface area (TPSA) is 333 Å². The monoisotopic (exact) mass is 1350 g/mol. The molecule has 1 amide bonds. The number of nitrogens with one attached hydrogen (secondary N) is 3. The first-order valence-corrected chi connectivity index (χ1v) is 33.7. The number of aryl methyl sites for hydroxylation is 1. The minimum absolute atomic E-state index is 0.00181. The molecule has 1 aromatic carbocycles. The average Bonchev–Trinajstić information content (AvgIpc) is 1.68. The maximum Gasteiger partial charge on any atom is 0.343 e. The first-order valence-electron chi connectivity index (χ1n) is 31.0. The Balaban J connectivity index is 0.650. The summed E-state index contributed by atoms with van der Waals surface area (Å²) in [5, 5.41) is 25.3. The number of fused-ring (bicyclic) bond motifs is 5. The van der Waals surface area contributed by atoms with Gasteiger partial charge in [0.2, 0.25) is 23.1 Å². The van der Waals surface area contributed by atoms with Crippen LogP contribution in [0, 0.1) is 12.7 Å². The molecular formula is C60H87ClFN11O17S2. The van der Waals surface area contributed by atoms with Gasteiger partial charge in [0.1, 0.15) is 12.4 Å². The van der Waals surface area contributed by atoms with Crippen LogP contribution in [0.1, 0.15) is 79.5 Å². The molecule has 0 saturated heterocycles. The van der Waals surface area contributed by atoms with E-state index in [2.05, 4.69) is 54.8 Å². The van der Waals surface area contributed by atoms with Gasteiger partial charge in [-0.1, -0.05) is 33.6 Å². The number of esters is 1. The van der Waals surface area contributed by atoms with Crippen LogP contribution in [0.25, 0.3) is 32.7 Å². The van der Waals surface area contributed by atoms with Gasteiger partial charge in [0.05, 0.1) is 194 Å². The lowest BCUT2D eigenvalue weighted by Crippen LogP contribution is -2.44. The first kappa shape index (κ1) is 74.2. The Labute approximate surface area is 547 Å². The van der Waals surface area contributed by atoms with E-state index in [-0.39, 0.29) is 77.4 Å². The highest BCUT2D eigenvalue weighted by Crippen LogP contribution is 2.47. The first-order chi connectivity index (χ1) is 44.7. The number of carbonyl (C=O) groups excluding carboxylic acids is 2. The van der Waals surface area contributed by atoms with Crippen LogP contribution in [-0.4, -0.2) is 230 Å². The van der Waals surface area contributed by atoms with Gasteiger partial charge in [-0.3, -0.25) is 9.59 Å². The second kappa shape index (κ2) is 40.3. The van der Waals surface area contributed by atoms with Crippen molar-refractivity contribution >= 4 is 67.9 Å². The van der Waals surface area contributed by atoms with Crippen molar-refractivity contribution in [3.8, 4) is 11.4 Å². The predicted molar refractivity (Wildman–Crippen MR) is 343 cm³/mol. The fraction of sp³-hybridized carbons (Fsp3) is 0.683. The molecule has 7 rings (SSSR count). The molecule has 1 aliphatic carbocycles. The zero-order chi connectivity index (χ0) is 65.4. The Hall–Kier alpha value is -5.16. The second-order valence-electron chi connectivity index (χ2n) is 21.7. The number of hydrogen-bond acceptors (Lipinski definition) is 26. The van der Waals surface area contributed by atoms with Gasteiger partial charge < -0.3 is 87.2 Å². The van der Waals surface area contributed by atoms with Gasteiger partial charge in [-0.2, -0.15) is 15.0 Å². The van der Waals surface area contributed by atoms with Gasteiger partial charge in [0.15, 0.2) is 5.60 Å². The van der Waals surface area contributed by atoms with Crippen LogP contribution in [0.15, 0.2) is 22.0 Å². The molecule has 0 saturated carbocycles. The van der Waals surface area contributed by atoms with E-state index in [0.717, 1.165) is 22.1 Å². The van der Waals surface area contributed by atoms with Crippen molar-refractivity contribution in [3.05, 3.63) is 77.4 Å². The molecule has 0 spiro atoms. The summed E-state index contributed by atoms with van der Waals surface area (Å²) in [5.41, 5.74) is 10.5. The summed E-state index contributed by atoms with van der Waals surface area (Å²) in [6.45, 7) is 19.2. The van der Waals surface area contributed by atoms with Crippen LogP contribution in [0.5, 0.6) is 0 Å². The third-order valence-electron chi connectivity index (χ3n) is 14.7. The van der Waals surface area contributed by atoms with Crippen molar-refractivity contribution in [3.63, 3.8) is 0 Å². The van der Waals surface area contributed by atoms with Crippen LogP contribution in [0.2, 0.25) is 5.28 Å². The molecule has 3 aromatic heterocycles. The molecule has 3 aliphatic rings. The number of pyridine rings is 2. The number of cyclic esters (lactones) is 1. The maximum atomic E-state index is 15.5. The number of carbonyl (C=O) groups is 2. The lowest BCUT2D eigenvalue weighted by atomic mass is 9.81. The number of rotatable bonds is 50. The number of amides is 1. The van der Waals surface area contributed by atoms with Crippen LogP contribution < -0.4 is 21.5 Å². The van der Waals surface area contributed by atoms with E-state index in [1.807, 2.05) is 0 Å². The fourth-order valence-corrected chi connectivity index (χ4v) is 12.5. The lowest BCUT2D eigenvalue weighted by Gasteiger charge is -2.31. The molecule has 0 unspecified atom stereocenters. The summed E-state index contributed by atoms with van der Waals surface area (Å²) in [6, 6.07) is 2.65. The number of ether oxygens (including phenoxy) is 13. The molecule has 4 aromatic rings. The van der Waals surface area contributed by atoms with Crippen molar-refractivity contribution in [1.82, 2.24) is 29.8 Å². The Kier molecular flexibility index (Phi) is 32.5. The van der Waals surface area contributed by atoms with E-state index in [1.165, 1.54) is 6.07 Å². The molecule has 28 nitrogen and oxygen atoms in total. The smallest absolute Gasteiger partial charge is 0.343 e. The average molecular weight is 1350 g/mol. The van der Waals surface area contributed by atoms with Crippen LogP contribution in [-0.2, 0) is 96.3 Å². The van der Waals surface area contributed by atoms with Crippen molar-refractivity contribution in [1.29, 1.82) is 0 Å². The van der Waals surface area contributed by atoms with Crippen molar-refractivity contribution in [2.75, 3.05) is 195 Å².